The highest BCUT2D eigenvalue weighted by Gasteiger charge is 2.18. The first kappa shape index (κ1) is 14.8. The molecule has 2 aromatic heterocycles. The van der Waals surface area contributed by atoms with Crippen molar-refractivity contribution in [3.63, 3.8) is 0 Å². The Morgan fingerprint density at radius 3 is 3.10 bits per heavy atom. The first-order chi connectivity index (χ1) is 10.2. The van der Waals surface area contributed by atoms with E-state index in [1.165, 1.54) is 32.1 Å². The number of anilines is 1. The van der Waals surface area contributed by atoms with Gasteiger partial charge in [-0.1, -0.05) is 26.2 Å². The maximum absolute atomic E-state index is 4.49. The molecule has 4 heteroatoms. The molecule has 1 saturated carbocycles. The Morgan fingerprint density at radius 1 is 1.33 bits per heavy atom. The molecule has 2 heterocycles. The maximum Gasteiger partial charge on any atom is 0.112 e. The highest BCUT2D eigenvalue weighted by Crippen LogP contribution is 2.31. The molecule has 0 spiro atoms. The van der Waals surface area contributed by atoms with Gasteiger partial charge in [-0.3, -0.25) is 9.97 Å². The number of halogens is 1. The van der Waals surface area contributed by atoms with Crippen LogP contribution in [0.1, 0.15) is 39.0 Å². The third-order valence-electron chi connectivity index (χ3n) is 4.46. The third kappa shape index (κ3) is 3.73. The largest absolute Gasteiger partial charge is 0.383 e. The van der Waals surface area contributed by atoms with E-state index in [9.17, 15) is 0 Å². The molecule has 3 rings (SSSR count). The van der Waals surface area contributed by atoms with Gasteiger partial charge in [0.15, 0.2) is 0 Å². The van der Waals surface area contributed by atoms with Crippen molar-refractivity contribution in [2.45, 2.75) is 39.0 Å². The van der Waals surface area contributed by atoms with Crippen molar-refractivity contribution in [1.82, 2.24) is 9.97 Å². The monoisotopic (exact) mass is 347 g/mol. The summed E-state index contributed by atoms with van der Waals surface area (Å²) in [5.41, 5.74) is 2.98. The van der Waals surface area contributed by atoms with Crippen molar-refractivity contribution in [1.29, 1.82) is 0 Å². The highest BCUT2D eigenvalue weighted by atomic mass is 79.9. The van der Waals surface area contributed by atoms with Crippen LogP contribution in [0, 0.1) is 11.8 Å². The summed E-state index contributed by atoms with van der Waals surface area (Å²) in [6, 6.07) is 4.03. The van der Waals surface area contributed by atoms with E-state index in [0.717, 1.165) is 39.6 Å². The number of aromatic nitrogens is 2. The lowest BCUT2D eigenvalue weighted by atomic mass is 9.81. The minimum atomic E-state index is 0.886. The van der Waals surface area contributed by atoms with Crippen LogP contribution < -0.4 is 5.32 Å². The van der Waals surface area contributed by atoms with E-state index in [1.54, 1.807) is 0 Å². The minimum absolute atomic E-state index is 0.886. The van der Waals surface area contributed by atoms with Crippen molar-refractivity contribution < 1.29 is 0 Å². The van der Waals surface area contributed by atoms with E-state index in [0.29, 0.717) is 0 Å². The molecule has 0 aliphatic heterocycles. The van der Waals surface area contributed by atoms with Gasteiger partial charge in [-0.15, -0.1) is 0 Å². The molecule has 0 bridgehead atoms. The van der Waals surface area contributed by atoms with Gasteiger partial charge in [-0.05, 0) is 52.7 Å². The normalized spacial score (nSPS) is 22.4. The van der Waals surface area contributed by atoms with Gasteiger partial charge in [-0.2, -0.15) is 0 Å². The molecule has 2 unspecified atom stereocenters. The van der Waals surface area contributed by atoms with Crippen LogP contribution in [0.4, 0.5) is 5.69 Å². The lowest BCUT2D eigenvalue weighted by Crippen LogP contribution is -2.16. The minimum Gasteiger partial charge on any atom is -0.383 e. The molecular weight excluding hydrogens is 326 g/mol. The zero-order chi connectivity index (χ0) is 14.7. The predicted octanol–water partition coefficient (Wildman–Crippen LogP) is 5.02. The number of hydrogen-bond acceptors (Lipinski definition) is 3. The molecule has 112 valence electrons. The average molecular weight is 348 g/mol. The molecule has 0 radical (unpaired) electrons. The summed E-state index contributed by atoms with van der Waals surface area (Å²) in [5, 5.41) is 3.55. The Bertz CT molecular complexity index is 614. The van der Waals surface area contributed by atoms with E-state index >= 15 is 0 Å². The SMILES string of the molecule is CC1CCCC(CCNc2ccnc3cc(Br)cnc23)C1. The molecule has 1 fully saturated rings. The topological polar surface area (TPSA) is 37.8 Å². The molecule has 0 aromatic carbocycles. The maximum atomic E-state index is 4.49. The van der Waals surface area contributed by atoms with Gasteiger partial charge in [0.25, 0.3) is 0 Å². The number of pyridine rings is 2. The van der Waals surface area contributed by atoms with Crippen LogP contribution in [0.25, 0.3) is 11.0 Å². The predicted molar refractivity (Wildman–Crippen MR) is 91.5 cm³/mol. The molecule has 3 nitrogen and oxygen atoms in total. The van der Waals surface area contributed by atoms with Crippen LogP contribution in [0.2, 0.25) is 0 Å². The number of nitrogens with zero attached hydrogens (tertiary/aromatic N) is 2. The molecule has 0 saturated heterocycles. The molecule has 0 amide bonds. The summed E-state index contributed by atoms with van der Waals surface area (Å²) < 4.78 is 0.968. The first-order valence-electron chi connectivity index (χ1n) is 7.86. The van der Waals surface area contributed by atoms with E-state index in [4.69, 9.17) is 0 Å². The van der Waals surface area contributed by atoms with E-state index in [-0.39, 0.29) is 0 Å². The lowest BCUT2D eigenvalue weighted by molar-refractivity contribution is 0.274. The molecule has 2 atom stereocenters. The van der Waals surface area contributed by atoms with Crippen LogP contribution in [-0.4, -0.2) is 16.5 Å². The highest BCUT2D eigenvalue weighted by molar-refractivity contribution is 9.10. The fourth-order valence-corrected chi connectivity index (χ4v) is 3.70. The van der Waals surface area contributed by atoms with Gasteiger partial charge in [-0.25, -0.2) is 0 Å². The quantitative estimate of drug-likeness (QED) is 0.843. The molecular formula is C17H22BrN3. The van der Waals surface area contributed by atoms with Crippen LogP contribution in [0.5, 0.6) is 0 Å². The van der Waals surface area contributed by atoms with Gasteiger partial charge in [0.1, 0.15) is 5.52 Å². The van der Waals surface area contributed by atoms with E-state index in [2.05, 4.69) is 38.1 Å². The summed E-state index contributed by atoms with van der Waals surface area (Å²) >= 11 is 3.44. The first-order valence-corrected chi connectivity index (χ1v) is 8.66. The zero-order valence-electron chi connectivity index (χ0n) is 12.5. The average Bonchev–Trinajstić information content (AvgIpc) is 2.47. The number of hydrogen-bond donors (Lipinski definition) is 1. The zero-order valence-corrected chi connectivity index (χ0v) is 14.1. The molecule has 1 aliphatic rings. The Balaban J connectivity index is 1.63. The summed E-state index contributed by atoms with van der Waals surface area (Å²) in [7, 11) is 0. The van der Waals surface area contributed by atoms with Crippen molar-refractivity contribution >= 4 is 32.7 Å². The fraction of sp³-hybridized carbons (Fsp3) is 0.529. The van der Waals surface area contributed by atoms with Crippen LogP contribution in [-0.2, 0) is 0 Å². The van der Waals surface area contributed by atoms with Crippen LogP contribution >= 0.6 is 15.9 Å². The number of rotatable bonds is 4. The van der Waals surface area contributed by atoms with Gasteiger partial charge < -0.3 is 5.32 Å². The van der Waals surface area contributed by atoms with Gasteiger partial charge in [0.05, 0.1) is 11.2 Å². The fourth-order valence-electron chi connectivity index (χ4n) is 3.38. The molecule has 1 aliphatic carbocycles. The Kier molecular flexibility index (Phi) is 4.73. The lowest BCUT2D eigenvalue weighted by Gasteiger charge is -2.26. The second-order valence-corrected chi connectivity index (χ2v) is 7.15. The van der Waals surface area contributed by atoms with Crippen molar-refractivity contribution in [3.05, 3.63) is 29.0 Å². The summed E-state index contributed by atoms with van der Waals surface area (Å²) in [5.74, 6) is 1.79. The summed E-state index contributed by atoms with van der Waals surface area (Å²) in [4.78, 5) is 8.86. The summed E-state index contributed by atoms with van der Waals surface area (Å²) in [6.07, 6.45) is 10.5. The van der Waals surface area contributed by atoms with E-state index < -0.39 is 0 Å². The van der Waals surface area contributed by atoms with Crippen LogP contribution in [0.15, 0.2) is 29.0 Å². The number of nitrogens with one attached hydrogen (secondary N) is 1. The van der Waals surface area contributed by atoms with E-state index in [1.807, 2.05) is 24.5 Å². The van der Waals surface area contributed by atoms with Gasteiger partial charge >= 0.3 is 0 Å². The second-order valence-electron chi connectivity index (χ2n) is 6.23. The van der Waals surface area contributed by atoms with Gasteiger partial charge in [0.2, 0.25) is 0 Å². The second kappa shape index (κ2) is 6.73. The van der Waals surface area contributed by atoms with Crippen molar-refractivity contribution in [2.75, 3.05) is 11.9 Å². The molecule has 1 N–H and O–H groups in total. The van der Waals surface area contributed by atoms with Crippen molar-refractivity contribution in [2.24, 2.45) is 11.8 Å². The Labute approximate surface area is 134 Å². The van der Waals surface area contributed by atoms with Gasteiger partial charge in [0, 0.05) is 23.4 Å². The third-order valence-corrected chi connectivity index (χ3v) is 4.89. The molecule has 21 heavy (non-hydrogen) atoms. The smallest absolute Gasteiger partial charge is 0.112 e. The Hall–Kier alpha value is -1.16. The van der Waals surface area contributed by atoms with Crippen LogP contribution in [0.3, 0.4) is 0 Å². The van der Waals surface area contributed by atoms with Crippen molar-refractivity contribution in [3.8, 4) is 0 Å². The summed E-state index contributed by atoms with van der Waals surface area (Å²) in [6.45, 7) is 3.41. The Morgan fingerprint density at radius 2 is 2.24 bits per heavy atom. The number of fused-ring (bicyclic) bond motifs is 1. The molecule has 2 aromatic rings. The standard InChI is InChI=1S/C17H22BrN3/c1-12-3-2-4-13(9-12)5-7-19-15-6-8-20-16-10-14(18)11-21-17(15)16/h6,8,10-13H,2-5,7,9H2,1H3,(H,19,20).